The molecule has 2 fully saturated rings. The molecule has 2 aromatic rings. The summed E-state index contributed by atoms with van der Waals surface area (Å²) in [5.74, 6) is 0.837. The maximum absolute atomic E-state index is 12.9. The molecular formula is C20H26N6O3. The van der Waals surface area contributed by atoms with Gasteiger partial charge in [-0.3, -0.25) is 14.3 Å². The maximum Gasteiger partial charge on any atom is 0.274 e. The molecule has 1 N–H and O–H groups in total. The van der Waals surface area contributed by atoms with Crippen LogP contribution in [0, 0.1) is 12.3 Å². The Bertz CT molecular complexity index is 980. The molecule has 29 heavy (non-hydrogen) atoms. The molecule has 0 radical (unpaired) electrons. The van der Waals surface area contributed by atoms with Crippen LogP contribution in [0.15, 0.2) is 18.6 Å². The summed E-state index contributed by atoms with van der Waals surface area (Å²) in [5.41, 5.74) is 0.691. The molecule has 154 valence electrons. The Morgan fingerprint density at radius 3 is 2.79 bits per heavy atom. The Kier molecular flexibility index (Phi) is 3.90. The zero-order valence-corrected chi connectivity index (χ0v) is 17.0. The number of hydrogen-bond donors (Lipinski definition) is 1. The molecule has 3 aliphatic heterocycles. The van der Waals surface area contributed by atoms with E-state index in [9.17, 15) is 9.59 Å². The minimum atomic E-state index is -0.481. The van der Waals surface area contributed by atoms with Gasteiger partial charge in [-0.15, -0.1) is 0 Å². The highest BCUT2D eigenvalue weighted by molar-refractivity contribution is 5.94. The zero-order valence-electron chi connectivity index (χ0n) is 17.0. The van der Waals surface area contributed by atoms with Crippen LogP contribution in [-0.4, -0.2) is 62.3 Å². The third kappa shape index (κ3) is 2.71. The summed E-state index contributed by atoms with van der Waals surface area (Å²) in [6.07, 6.45) is 7.05. The van der Waals surface area contributed by atoms with E-state index in [1.165, 1.54) is 0 Å². The van der Waals surface area contributed by atoms with Crippen LogP contribution in [0.2, 0.25) is 0 Å². The Morgan fingerprint density at radius 2 is 2.14 bits per heavy atom. The summed E-state index contributed by atoms with van der Waals surface area (Å²) in [7, 11) is 1.82. The number of rotatable bonds is 3. The average molecular weight is 398 g/mol. The van der Waals surface area contributed by atoms with E-state index >= 15 is 0 Å². The second-order valence-corrected chi connectivity index (χ2v) is 8.97. The van der Waals surface area contributed by atoms with E-state index in [0.717, 1.165) is 24.2 Å². The molecule has 9 nitrogen and oxygen atoms in total. The molecule has 0 aliphatic carbocycles. The minimum Gasteiger partial charge on any atom is -0.380 e. The van der Waals surface area contributed by atoms with Gasteiger partial charge in [0.15, 0.2) is 5.69 Å². The van der Waals surface area contributed by atoms with E-state index in [0.29, 0.717) is 32.0 Å². The van der Waals surface area contributed by atoms with Crippen molar-refractivity contribution < 1.29 is 14.3 Å². The largest absolute Gasteiger partial charge is 0.380 e. The van der Waals surface area contributed by atoms with Crippen molar-refractivity contribution in [3.05, 3.63) is 35.7 Å². The van der Waals surface area contributed by atoms with Crippen LogP contribution >= 0.6 is 0 Å². The molecule has 2 atom stereocenters. The van der Waals surface area contributed by atoms with Crippen molar-refractivity contribution in [2.24, 2.45) is 12.5 Å². The molecule has 0 bridgehead atoms. The number of imidazole rings is 1. The van der Waals surface area contributed by atoms with Crippen LogP contribution in [0.25, 0.3) is 0 Å². The summed E-state index contributed by atoms with van der Waals surface area (Å²) in [5, 5.41) is 7.50. The normalized spacial score (nSPS) is 27.1. The van der Waals surface area contributed by atoms with Gasteiger partial charge in [0.05, 0.1) is 23.6 Å². The standard InChI is InChI=1S/C20H26N6O3/c1-13-9-24(3)23-15(13)17(27)25-10-20(11-25)8-14(16-21-5-6-26(16)20)22-18(28)19(2)4-7-29-12-19/h5-6,9,14H,4,7-8,10-12H2,1-3H3,(H,22,28). The summed E-state index contributed by atoms with van der Waals surface area (Å²) < 4.78 is 9.24. The van der Waals surface area contributed by atoms with Crippen molar-refractivity contribution in [1.29, 1.82) is 0 Å². The van der Waals surface area contributed by atoms with Gasteiger partial charge in [-0.05, 0) is 20.3 Å². The van der Waals surface area contributed by atoms with Crippen LogP contribution in [0.3, 0.4) is 0 Å². The van der Waals surface area contributed by atoms with Crippen LogP contribution in [-0.2, 0) is 22.1 Å². The van der Waals surface area contributed by atoms with Gasteiger partial charge in [-0.1, -0.05) is 0 Å². The first-order valence-corrected chi connectivity index (χ1v) is 10.0. The van der Waals surface area contributed by atoms with Gasteiger partial charge in [-0.25, -0.2) is 4.98 Å². The van der Waals surface area contributed by atoms with E-state index < -0.39 is 5.41 Å². The summed E-state index contributed by atoms with van der Waals surface area (Å²) in [6.45, 7) is 6.12. The molecule has 2 unspecified atom stereocenters. The SMILES string of the molecule is Cc1cn(C)nc1C(=O)N1CC2(CC(NC(=O)C3(C)CCOC3)c3nccn32)C1. The highest BCUT2D eigenvalue weighted by atomic mass is 16.5. The van der Waals surface area contributed by atoms with Gasteiger partial charge in [0, 0.05) is 57.3 Å². The molecule has 9 heteroatoms. The quantitative estimate of drug-likeness (QED) is 0.824. The first kappa shape index (κ1) is 18.4. The highest BCUT2D eigenvalue weighted by Gasteiger charge is 2.54. The smallest absolute Gasteiger partial charge is 0.274 e. The molecule has 2 saturated heterocycles. The van der Waals surface area contributed by atoms with E-state index in [1.54, 1.807) is 10.9 Å². The van der Waals surface area contributed by atoms with E-state index in [2.05, 4.69) is 20.0 Å². The Morgan fingerprint density at radius 1 is 1.34 bits per heavy atom. The van der Waals surface area contributed by atoms with Crippen molar-refractivity contribution in [3.8, 4) is 0 Å². The van der Waals surface area contributed by atoms with Gasteiger partial charge in [0.25, 0.3) is 5.91 Å². The summed E-state index contributed by atoms with van der Waals surface area (Å²) in [6, 6.07) is -0.149. The topological polar surface area (TPSA) is 94.3 Å². The van der Waals surface area contributed by atoms with Crippen molar-refractivity contribution in [1.82, 2.24) is 29.5 Å². The number of nitrogens with one attached hydrogen (secondary N) is 1. The summed E-state index contributed by atoms with van der Waals surface area (Å²) >= 11 is 0. The van der Waals surface area contributed by atoms with Crippen LogP contribution in [0.1, 0.15) is 47.7 Å². The van der Waals surface area contributed by atoms with E-state index in [4.69, 9.17) is 4.74 Å². The molecule has 3 aliphatic rings. The first-order valence-electron chi connectivity index (χ1n) is 10.0. The predicted molar refractivity (Wildman–Crippen MR) is 103 cm³/mol. The van der Waals surface area contributed by atoms with Gasteiger partial charge >= 0.3 is 0 Å². The zero-order chi connectivity index (χ0) is 20.4. The number of ether oxygens (including phenoxy) is 1. The number of carbonyl (C=O) groups excluding carboxylic acids is 2. The van der Waals surface area contributed by atoms with Crippen molar-refractivity contribution in [2.45, 2.75) is 38.3 Å². The lowest BCUT2D eigenvalue weighted by Crippen LogP contribution is -2.63. The summed E-state index contributed by atoms with van der Waals surface area (Å²) in [4.78, 5) is 32.1. The molecule has 0 saturated carbocycles. The third-order valence-electron chi connectivity index (χ3n) is 6.62. The number of likely N-dealkylation sites (tertiary alicyclic amines) is 1. The Hall–Kier alpha value is -2.68. The number of amides is 2. The number of carbonyl (C=O) groups is 2. The molecule has 1 spiro atoms. The van der Waals surface area contributed by atoms with Crippen LogP contribution in [0.4, 0.5) is 0 Å². The van der Waals surface area contributed by atoms with Crippen molar-refractivity contribution in [2.75, 3.05) is 26.3 Å². The minimum absolute atomic E-state index is 0.0166. The lowest BCUT2D eigenvalue weighted by Gasteiger charge is -2.48. The number of nitrogens with zero attached hydrogens (tertiary/aromatic N) is 5. The fourth-order valence-corrected chi connectivity index (χ4v) is 4.90. The van der Waals surface area contributed by atoms with E-state index in [1.807, 2.05) is 38.2 Å². The maximum atomic E-state index is 12.9. The fourth-order valence-electron chi connectivity index (χ4n) is 4.90. The lowest BCUT2D eigenvalue weighted by atomic mass is 9.84. The molecular weight excluding hydrogens is 372 g/mol. The van der Waals surface area contributed by atoms with Crippen LogP contribution < -0.4 is 5.32 Å². The number of aromatic nitrogens is 4. The highest BCUT2D eigenvalue weighted by Crippen LogP contribution is 2.45. The Balaban J connectivity index is 1.31. The number of hydrogen-bond acceptors (Lipinski definition) is 5. The average Bonchev–Trinajstić information content (AvgIpc) is 3.39. The van der Waals surface area contributed by atoms with Crippen molar-refractivity contribution >= 4 is 11.8 Å². The fraction of sp³-hybridized carbons (Fsp3) is 0.600. The molecule has 5 heterocycles. The molecule has 2 aromatic heterocycles. The second kappa shape index (κ2) is 6.16. The van der Waals surface area contributed by atoms with Gasteiger partial charge in [0.1, 0.15) is 5.82 Å². The monoisotopic (exact) mass is 398 g/mol. The Labute approximate surface area is 169 Å². The molecule has 0 aromatic carbocycles. The number of fused-ring (bicyclic) bond motifs is 2. The molecule has 2 amide bonds. The third-order valence-corrected chi connectivity index (χ3v) is 6.62. The van der Waals surface area contributed by atoms with Gasteiger partial charge < -0.3 is 19.5 Å². The number of aryl methyl sites for hydroxylation is 2. The van der Waals surface area contributed by atoms with Gasteiger partial charge in [-0.2, -0.15) is 5.10 Å². The van der Waals surface area contributed by atoms with Crippen LogP contribution in [0.5, 0.6) is 0 Å². The molecule has 5 rings (SSSR count). The lowest BCUT2D eigenvalue weighted by molar-refractivity contribution is -0.131. The van der Waals surface area contributed by atoms with Crippen molar-refractivity contribution in [3.63, 3.8) is 0 Å². The predicted octanol–water partition coefficient (Wildman–Crippen LogP) is 0.764. The first-order chi connectivity index (χ1) is 13.8. The van der Waals surface area contributed by atoms with E-state index in [-0.39, 0.29) is 23.4 Å². The second-order valence-electron chi connectivity index (χ2n) is 8.97. The van der Waals surface area contributed by atoms with Gasteiger partial charge in [0.2, 0.25) is 5.91 Å².